The molecule has 8 heteroatoms. The van der Waals surface area contributed by atoms with Crippen LogP contribution in [0, 0.1) is 0 Å². The zero-order chi connectivity index (χ0) is 20.2. The van der Waals surface area contributed by atoms with Crippen LogP contribution < -0.4 is 10.9 Å². The predicted octanol–water partition coefficient (Wildman–Crippen LogP) is 2.04. The summed E-state index contributed by atoms with van der Waals surface area (Å²) >= 11 is 1.42. The molecule has 0 spiro atoms. The van der Waals surface area contributed by atoms with E-state index < -0.39 is 5.63 Å². The first kappa shape index (κ1) is 19.4. The molecule has 3 aromatic rings. The zero-order valence-corrected chi connectivity index (χ0v) is 16.6. The summed E-state index contributed by atoms with van der Waals surface area (Å²) in [6, 6.07) is 12.4. The van der Waals surface area contributed by atoms with E-state index in [4.69, 9.17) is 4.42 Å². The van der Waals surface area contributed by atoms with Crippen LogP contribution >= 0.6 is 11.3 Å². The average molecular weight is 411 g/mol. The van der Waals surface area contributed by atoms with E-state index in [9.17, 15) is 14.4 Å². The van der Waals surface area contributed by atoms with E-state index in [1.807, 2.05) is 23.6 Å². The second-order valence-corrected chi connectivity index (χ2v) is 7.80. The highest BCUT2D eigenvalue weighted by molar-refractivity contribution is 7.12. The summed E-state index contributed by atoms with van der Waals surface area (Å²) in [5.74, 6) is -0.355. The topological polar surface area (TPSA) is 82.9 Å². The fraction of sp³-hybridized carbons (Fsp3) is 0.286. The van der Waals surface area contributed by atoms with Gasteiger partial charge in [0, 0.05) is 44.7 Å². The molecule has 29 heavy (non-hydrogen) atoms. The van der Waals surface area contributed by atoms with Gasteiger partial charge in [-0.15, -0.1) is 11.3 Å². The number of hydrogen-bond acceptors (Lipinski definition) is 6. The first-order valence-corrected chi connectivity index (χ1v) is 10.4. The minimum Gasteiger partial charge on any atom is -0.422 e. The minimum absolute atomic E-state index is 0.0585. The van der Waals surface area contributed by atoms with Crippen LogP contribution in [-0.2, 0) is 0 Å². The largest absolute Gasteiger partial charge is 0.422 e. The second-order valence-electron chi connectivity index (χ2n) is 6.85. The highest BCUT2D eigenvalue weighted by Gasteiger charge is 2.24. The molecule has 2 aromatic heterocycles. The molecular weight excluding hydrogens is 390 g/mol. The Kier molecular flexibility index (Phi) is 5.73. The Morgan fingerprint density at radius 3 is 2.62 bits per heavy atom. The van der Waals surface area contributed by atoms with Crippen molar-refractivity contribution in [2.24, 2.45) is 0 Å². The summed E-state index contributed by atoms with van der Waals surface area (Å²) in [5, 5.41) is 5.52. The van der Waals surface area contributed by atoms with Crippen LogP contribution in [0.15, 0.2) is 57.1 Å². The van der Waals surface area contributed by atoms with E-state index in [-0.39, 0.29) is 17.4 Å². The van der Waals surface area contributed by atoms with Crippen LogP contribution in [-0.4, -0.2) is 60.9 Å². The van der Waals surface area contributed by atoms with Crippen LogP contribution in [0.3, 0.4) is 0 Å². The van der Waals surface area contributed by atoms with Crippen molar-refractivity contribution in [2.75, 3.05) is 39.3 Å². The monoisotopic (exact) mass is 411 g/mol. The average Bonchev–Trinajstić information content (AvgIpc) is 3.28. The summed E-state index contributed by atoms with van der Waals surface area (Å²) in [7, 11) is 0. The number of rotatable bonds is 5. The number of thiophene rings is 1. The first-order valence-electron chi connectivity index (χ1n) is 9.48. The number of nitrogens with zero attached hydrogens (tertiary/aromatic N) is 2. The second kappa shape index (κ2) is 8.59. The van der Waals surface area contributed by atoms with Crippen LogP contribution in [0.4, 0.5) is 0 Å². The molecule has 2 amide bonds. The molecule has 1 N–H and O–H groups in total. The lowest BCUT2D eigenvalue weighted by Crippen LogP contribution is -2.50. The molecule has 0 aliphatic carbocycles. The molecule has 0 radical (unpaired) electrons. The van der Waals surface area contributed by atoms with Gasteiger partial charge in [0.2, 0.25) is 0 Å². The molecule has 0 saturated carbocycles. The molecule has 1 fully saturated rings. The summed E-state index contributed by atoms with van der Waals surface area (Å²) in [6.07, 6.45) is 0. The molecule has 1 aromatic carbocycles. The maximum absolute atomic E-state index is 12.8. The summed E-state index contributed by atoms with van der Waals surface area (Å²) < 4.78 is 5.28. The van der Waals surface area contributed by atoms with Gasteiger partial charge >= 0.3 is 5.63 Å². The Morgan fingerprint density at radius 1 is 1.07 bits per heavy atom. The van der Waals surface area contributed by atoms with Gasteiger partial charge in [-0.05, 0) is 23.6 Å². The number of amides is 2. The molecule has 1 aliphatic rings. The molecule has 4 rings (SSSR count). The maximum Gasteiger partial charge on any atom is 0.349 e. The van der Waals surface area contributed by atoms with Crippen molar-refractivity contribution in [2.45, 2.75) is 0 Å². The van der Waals surface area contributed by atoms with Crippen LogP contribution in [0.25, 0.3) is 11.0 Å². The Hall–Kier alpha value is -2.97. The number of fused-ring (bicyclic) bond motifs is 1. The highest BCUT2D eigenvalue weighted by Crippen LogP contribution is 2.14. The number of carbonyl (C=O) groups excluding carboxylic acids is 2. The number of nitrogens with one attached hydrogen (secondary N) is 1. The van der Waals surface area contributed by atoms with Crippen LogP contribution in [0.5, 0.6) is 0 Å². The van der Waals surface area contributed by atoms with Gasteiger partial charge < -0.3 is 14.6 Å². The van der Waals surface area contributed by atoms with Crippen molar-refractivity contribution >= 4 is 34.1 Å². The maximum atomic E-state index is 12.8. The van der Waals surface area contributed by atoms with Crippen LogP contribution in [0.1, 0.15) is 20.0 Å². The quantitative estimate of drug-likeness (QED) is 0.650. The van der Waals surface area contributed by atoms with Crippen molar-refractivity contribution in [3.63, 3.8) is 0 Å². The molecule has 1 aliphatic heterocycles. The third kappa shape index (κ3) is 4.38. The van der Waals surface area contributed by atoms with Crippen molar-refractivity contribution in [3.8, 4) is 0 Å². The van der Waals surface area contributed by atoms with E-state index in [2.05, 4.69) is 10.2 Å². The number of benzene rings is 1. The van der Waals surface area contributed by atoms with Gasteiger partial charge in [0.15, 0.2) is 0 Å². The molecule has 7 nitrogen and oxygen atoms in total. The lowest BCUT2D eigenvalue weighted by Gasteiger charge is -2.34. The van der Waals surface area contributed by atoms with Gasteiger partial charge in [-0.25, -0.2) is 4.79 Å². The normalized spacial score (nSPS) is 14.8. The predicted molar refractivity (Wildman–Crippen MR) is 111 cm³/mol. The summed E-state index contributed by atoms with van der Waals surface area (Å²) in [4.78, 5) is 41.6. The highest BCUT2D eigenvalue weighted by atomic mass is 32.1. The molecule has 0 unspecified atom stereocenters. The van der Waals surface area contributed by atoms with Gasteiger partial charge in [0.05, 0.1) is 4.88 Å². The van der Waals surface area contributed by atoms with E-state index in [0.29, 0.717) is 43.2 Å². The number of hydrogen-bond donors (Lipinski definition) is 1. The fourth-order valence-electron chi connectivity index (χ4n) is 3.38. The van der Waals surface area contributed by atoms with Gasteiger partial charge in [-0.1, -0.05) is 24.3 Å². The third-order valence-corrected chi connectivity index (χ3v) is 5.86. The van der Waals surface area contributed by atoms with Gasteiger partial charge in [-0.3, -0.25) is 14.5 Å². The van der Waals surface area contributed by atoms with Crippen molar-refractivity contribution in [3.05, 3.63) is 68.7 Å². The Balaban J connectivity index is 1.30. The first-order chi connectivity index (χ1) is 14.1. The molecule has 0 atom stereocenters. The molecule has 0 bridgehead atoms. The number of para-hydroxylation sites is 1. The van der Waals surface area contributed by atoms with Gasteiger partial charge in [0.25, 0.3) is 11.8 Å². The zero-order valence-electron chi connectivity index (χ0n) is 15.8. The van der Waals surface area contributed by atoms with E-state index >= 15 is 0 Å². The molecule has 150 valence electrons. The minimum atomic E-state index is -0.604. The van der Waals surface area contributed by atoms with E-state index in [1.54, 1.807) is 29.2 Å². The van der Waals surface area contributed by atoms with E-state index in [0.717, 1.165) is 11.9 Å². The lowest BCUT2D eigenvalue weighted by molar-refractivity contribution is 0.0634. The molecule has 3 heterocycles. The smallest absolute Gasteiger partial charge is 0.349 e. The summed E-state index contributed by atoms with van der Waals surface area (Å²) in [5.41, 5.74) is -0.0590. The van der Waals surface area contributed by atoms with Crippen molar-refractivity contribution in [1.82, 2.24) is 15.1 Å². The van der Waals surface area contributed by atoms with Gasteiger partial charge in [-0.2, -0.15) is 0 Å². The third-order valence-electron chi connectivity index (χ3n) is 4.99. The van der Waals surface area contributed by atoms with Gasteiger partial charge in [0.1, 0.15) is 11.1 Å². The molecular formula is C21H21N3O4S. The Bertz CT molecular complexity index is 1070. The SMILES string of the molecule is O=C(NCCN1CCN(C(=O)c2cc3ccccc3oc2=O)CC1)c1cccs1. The number of piperazine rings is 1. The lowest BCUT2D eigenvalue weighted by atomic mass is 10.1. The van der Waals surface area contributed by atoms with Crippen LogP contribution in [0.2, 0.25) is 0 Å². The van der Waals surface area contributed by atoms with E-state index in [1.165, 1.54) is 11.3 Å². The Labute approximate surface area is 171 Å². The summed E-state index contributed by atoms with van der Waals surface area (Å²) in [6.45, 7) is 3.73. The molecule has 1 saturated heterocycles. The Morgan fingerprint density at radius 2 is 1.86 bits per heavy atom. The van der Waals surface area contributed by atoms with Crippen molar-refractivity contribution < 1.29 is 14.0 Å². The standard InChI is InChI=1S/C21H21N3O4S/c25-19(18-6-3-13-29-18)22-7-8-23-9-11-24(12-10-23)20(26)16-14-15-4-1-2-5-17(15)28-21(16)27/h1-6,13-14H,7-12H2,(H,22,25). The number of carbonyl (C=O) groups is 2. The fourth-order valence-corrected chi connectivity index (χ4v) is 4.02. The van der Waals surface area contributed by atoms with Crippen molar-refractivity contribution in [1.29, 1.82) is 0 Å².